The molecule has 0 unspecified atom stereocenters. The Morgan fingerprint density at radius 3 is 2.30 bits per heavy atom. The van der Waals surface area contributed by atoms with Crippen LogP contribution in [0.2, 0.25) is 5.02 Å². The zero-order chi connectivity index (χ0) is 20.0. The van der Waals surface area contributed by atoms with E-state index in [4.69, 9.17) is 25.8 Å². The maximum atomic E-state index is 12.3. The highest BCUT2D eigenvalue weighted by Crippen LogP contribution is 2.28. The fourth-order valence-electron chi connectivity index (χ4n) is 2.74. The number of nitrogens with one attached hydrogen (secondary N) is 1. The molecule has 0 aliphatic heterocycles. The van der Waals surface area contributed by atoms with Gasteiger partial charge in [0.15, 0.2) is 17.6 Å². The van der Waals surface area contributed by atoms with Gasteiger partial charge in [-0.25, -0.2) is 0 Å². The summed E-state index contributed by atoms with van der Waals surface area (Å²) in [4.78, 5) is 12.3. The molecule has 0 heterocycles. The number of hydrogen-bond donors (Lipinski definition) is 1. The van der Waals surface area contributed by atoms with Crippen molar-refractivity contribution in [3.05, 3.63) is 52.0 Å². The number of aryl methyl sites for hydroxylation is 2. The van der Waals surface area contributed by atoms with Gasteiger partial charge in [-0.15, -0.1) is 0 Å². The maximum Gasteiger partial charge on any atom is 0.260 e. The summed E-state index contributed by atoms with van der Waals surface area (Å²) >= 11 is 6.16. The summed E-state index contributed by atoms with van der Waals surface area (Å²) < 4.78 is 16.3. The highest BCUT2D eigenvalue weighted by molar-refractivity contribution is 6.32. The van der Waals surface area contributed by atoms with Gasteiger partial charge in [-0.3, -0.25) is 4.79 Å². The molecule has 1 N–H and O–H groups in total. The Balaban J connectivity index is 1.88. The van der Waals surface area contributed by atoms with E-state index in [0.29, 0.717) is 30.2 Å². The van der Waals surface area contributed by atoms with E-state index in [1.165, 1.54) is 0 Å². The minimum absolute atomic E-state index is 0.166. The van der Waals surface area contributed by atoms with Crippen molar-refractivity contribution in [2.45, 2.75) is 33.3 Å². The van der Waals surface area contributed by atoms with E-state index < -0.39 is 6.10 Å². The molecule has 2 aromatic carbocycles. The van der Waals surface area contributed by atoms with Crippen LogP contribution < -0.4 is 19.5 Å². The highest BCUT2D eigenvalue weighted by Gasteiger charge is 2.15. The average Bonchev–Trinajstić information content (AvgIpc) is 2.65. The molecule has 2 rings (SSSR count). The maximum absolute atomic E-state index is 12.3. The predicted molar refractivity (Wildman–Crippen MR) is 107 cm³/mol. The second-order valence-corrected chi connectivity index (χ2v) is 6.74. The summed E-state index contributed by atoms with van der Waals surface area (Å²) in [7, 11) is 3.20. The first-order chi connectivity index (χ1) is 12.8. The number of halogens is 1. The van der Waals surface area contributed by atoms with E-state index in [1.54, 1.807) is 21.1 Å². The molecule has 1 atom stereocenters. The molecule has 0 fully saturated rings. The van der Waals surface area contributed by atoms with Crippen LogP contribution in [0.3, 0.4) is 0 Å². The molecule has 5 nitrogen and oxygen atoms in total. The van der Waals surface area contributed by atoms with Crippen molar-refractivity contribution in [3.8, 4) is 17.2 Å². The van der Waals surface area contributed by atoms with Crippen LogP contribution in [-0.4, -0.2) is 32.8 Å². The van der Waals surface area contributed by atoms with Crippen molar-refractivity contribution in [2.24, 2.45) is 0 Å². The molecule has 0 aromatic heterocycles. The quantitative estimate of drug-likeness (QED) is 0.736. The van der Waals surface area contributed by atoms with Gasteiger partial charge in [0.1, 0.15) is 5.75 Å². The van der Waals surface area contributed by atoms with Crippen molar-refractivity contribution >= 4 is 17.5 Å². The third-order valence-corrected chi connectivity index (χ3v) is 4.85. The minimum atomic E-state index is -0.602. The Morgan fingerprint density at radius 2 is 1.70 bits per heavy atom. The first kappa shape index (κ1) is 20.9. The Labute approximate surface area is 165 Å². The summed E-state index contributed by atoms with van der Waals surface area (Å²) in [6, 6.07) is 9.38. The van der Waals surface area contributed by atoms with Gasteiger partial charge in [0.05, 0.1) is 14.2 Å². The van der Waals surface area contributed by atoms with Gasteiger partial charge in [-0.1, -0.05) is 17.7 Å². The number of benzene rings is 2. The van der Waals surface area contributed by atoms with E-state index >= 15 is 0 Å². The predicted octanol–water partition coefficient (Wildman–Crippen LogP) is 4.10. The average molecular weight is 392 g/mol. The normalized spacial score (nSPS) is 11.6. The largest absolute Gasteiger partial charge is 0.493 e. The van der Waals surface area contributed by atoms with Gasteiger partial charge < -0.3 is 19.5 Å². The van der Waals surface area contributed by atoms with E-state index in [0.717, 1.165) is 21.7 Å². The zero-order valence-corrected chi connectivity index (χ0v) is 17.1. The van der Waals surface area contributed by atoms with Crippen molar-refractivity contribution in [2.75, 3.05) is 20.8 Å². The monoisotopic (exact) mass is 391 g/mol. The van der Waals surface area contributed by atoms with E-state index in [2.05, 4.69) is 5.32 Å². The molecule has 27 heavy (non-hydrogen) atoms. The van der Waals surface area contributed by atoms with Crippen molar-refractivity contribution in [1.82, 2.24) is 5.32 Å². The van der Waals surface area contributed by atoms with Crippen molar-refractivity contribution in [3.63, 3.8) is 0 Å². The second kappa shape index (κ2) is 9.51. The summed E-state index contributed by atoms with van der Waals surface area (Å²) in [5, 5.41) is 3.61. The smallest absolute Gasteiger partial charge is 0.260 e. The molecule has 0 saturated carbocycles. The fourth-order valence-corrected chi connectivity index (χ4v) is 2.85. The topological polar surface area (TPSA) is 56.8 Å². The number of rotatable bonds is 8. The molecule has 0 radical (unpaired) electrons. The van der Waals surface area contributed by atoms with Gasteiger partial charge in [0.2, 0.25) is 0 Å². The number of ether oxygens (including phenoxy) is 3. The number of hydrogen-bond acceptors (Lipinski definition) is 4. The summed E-state index contributed by atoms with van der Waals surface area (Å²) in [5.74, 6) is 1.82. The number of amides is 1. The summed E-state index contributed by atoms with van der Waals surface area (Å²) in [5.41, 5.74) is 2.89. The first-order valence-electron chi connectivity index (χ1n) is 8.77. The molecule has 0 saturated heterocycles. The SMILES string of the molecule is COc1ccc(CCNC(=O)[C@@H](C)Oc2cc(C)c(Cl)c(C)c2)cc1OC. The second-order valence-electron chi connectivity index (χ2n) is 6.36. The van der Waals surface area contributed by atoms with Gasteiger partial charge in [0, 0.05) is 11.6 Å². The molecule has 0 aliphatic rings. The lowest BCUT2D eigenvalue weighted by Crippen LogP contribution is -2.37. The lowest BCUT2D eigenvalue weighted by atomic mass is 10.1. The molecule has 6 heteroatoms. The van der Waals surface area contributed by atoms with Crippen LogP contribution in [-0.2, 0) is 11.2 Å². The minimum Gasteiger partial charge on any atom is -0.493 e. The number of methoxy groups -OCH3 is 2. The molecular formula is C21H26ClNO4. The van der Waals surface area contributed by atoms with Crippen molar-refractivity contribution in [1.29, 1.82) is 0 Å². The molecule has 0 spiro atoms. The standard InChI is InChI=1S/C21H26ClNO4/c1-13-10-17(11-14(2)20(13)22)27-15(3)21(24)23-9-8-16-6-7-18(25-4)19(12-16)26-5/h6-7,10-12,15H,8-9H2,1-5H3,(H,23,24)/t15-/m1/s1. The van der Waals surface area contributed by atoms with Crippen LogP contribution in [0, 0.1) is 13.8 Å². The van der Waals surface area contributed by atoms with E-state index in [1.807, 2.05) is 44.2 Å². The Kier molecular flexibility index (Phi) is 7.36. The van der Waals surface area contributed by atoms with E-state index in [-0.39, 0.29) is 5.91 Å². The zero-order valence-electron chi connectivity index (χ0n) is 16.4. The Hall–Kier alpha value is -2.40. The molecule has 0 aliphatic carbocycles. The third-order valence-electron chi connectivity index (χ3n) is 4.25. The number of carbonyl (C=O) groups is 1. The van der Waals surface area contributed by atoms with Gasteiger partial charge in [-0.05, 0) is 68.1 Å². The summed E-state index contributed by atoms with van der Waals surface area (Å²) in [6.07, 6.45) is 0.0770. The lowest BCUT2D eigenvalue weighted by molar-refractivity contribution is -0.127. The first-order valence-corrected chi connectivity index (χ1v) is 9.15. The summed E-state index contributed by atoms with van der Waals surface area (Å²) in [6.45, 7) is 6.05. The molecular weight excluding hydrogens is 366 g/mol. The van der Waals surface area contributed by atoms with Gasteiger partial charge in [-0.2, -0.15) is 0 Å². The van der Waals surface area contributed by atoms with Crippen LogP contribution in [0.25, 0.3) is 0 Å². The van der Waals surface area contributed by atoms with Crippen LogP contribution in [0.5, 0.6) is 17.2 Å². The van der Waals surface area contributed by atoms with Crippen LogP contribution in [0.4, 0.5) is 0 Å². The number of carbonyl (C=O) groups excluding carboxylic acids is 1. The van der Waals surface area contributed by atoms with Gasteiger partial charge in [0.25, 0.3) is 5.91 Å². The molecule has 2 aromatic rings. The molecule has 0 bridgehead atoms. The van der Waals surface area contributed by atoms with Crippen LogP contribution in [0.15, 0.2) is 30.3 Å². The highest BCUT2D eigenvalue weighted by atomic mass is 35.5. The van der Waals surface area contributed by atoms with Crippen LogP contribution in [0.1, 0.15) is 23.6 Å². The van der Waals surface area contributed by atoms with Crippen molar-refractivity contribution < 1.29 is 19.0 Å². The fraction of sp³-hybridized carbons (Fsp3) is 0.381. The van der Waals surface area contributed by atoms with E-state index in [9.17, 15) is 4.79 Å². The Bertz CT molecular complexity index is 784. The molecule has 146 valence electrons. The van der Waals surface area contributed by atoms with Gasteiger partial charge >= 0.3 is 0 Å². The lowest BCUT2D eigenvalue weighted by Gasteiger charge is -2.16. The molecule has 1 amide bonds. The van der Waals surface area contributed by atoms with Crippen LogP contribution >= 0.6 is 11.6 Å². The third kappa shape index (κ3) is 5.54. The Morgan fingerprint density at radius 1 is 1.07 bits per heavy atom.